The Morgan fingerprint density at radius 2 is 1.75 bits per heavy atom. The summed E-state index contributed by atoms with van der Waals surface area (Å²) in [4.78, 5) is 14.9. The predicted octanol–water partition coefficient (Wildman–Crippen LogP) is 3.28. The standard InChI is InChI=1S/C21H26N2O3S.ClH/c1-16(22)18-10-12-23(13-11-18)21(24)19-7-5-6-17(14-19)15-27(25,26)20-8-3-2-4-9-20;/h2-9,14,16,18H,10-13,15,22H2,1H3;1H. The van der Waals surface area contributed by atoms with Gasteiger partial charge in [-0.05, 0) is 55.5 Å². The summed E-state index contributed by atoms with van der Waals surface area (Å²) in [5.41, 5.74) is 7.12. The number of nitrogens with two attached hydrogens (primary N) is 1. The molecule has 1 saturated heterocycles. The number of hydrogen-bond acceptors (Lipinski definition) is 4. The molecule has 0 aromatic heterocycles. The van der Waals surface area contributed by atoms with Gasteiger partial charge >= 0.3 is 0 Å². The number of carbonyl (C=O) groups excluding carboxylic acids is 1. The van der Waals surface area contributed by atoms with Crippen molar-refractivity contribution in [2.75, 3.05) is 13.1 Å². The molecule has 1 unspecified atom stereocenters. The first-order chi connectivity index (χ1) is 12.9. The molecule has 3 rings (SSSR count). The second-order valence-electron chi connectivity index (χ2n) is 7.26. The van der Waals surface area contributed by atoms with Crippen LogP contribution < -0.4 is 5.73 Å². The van der Waals surface area contributed by atoms with Crippen molar-refractivity contribution in [3.63, 3.8) is 0 Å². The summed E-state index contributed by atoms with van der Waals surface area (Å²) in [6.45, 7) is 3.40. The van der Waals surface area contributed by atoms with Crippen molar-refractivity contribution in [3.05, 3.63) is 65.7 Å². The summed E-state index contributed by atoms with van der Waals surface area (Å²) in [6, 6.07) is 15.5. The smallest absolute Gasteiger partial charge is 0.253 e. The van der Waals surface area contributed by atoms with Crippen LogP contribution in [0, 0.1) is 5.92 Å². The number of piperidine rings is 1. The van der Waals surface area contributed by atoms with E-state index in [4.69, 9.17) is 5.73 Å². The molecule has 2 N–H and O–H groups in total. The van der Waals surface area contributed by atoms with Crippen molar-refractivity contribution in [3.8, 4) is 0 Å². The second kappa shape index (κ2) is 9.54. The zero-order valence-corrected chi connectivity index (χ0v) is 17.6. The lowest BCUT2D eigenvalue weighted by Gasteiger charge is -2.33. The Hall–Kier alpha value is -1.89. The Morgan fingerprint density at radius 3 is 2.36 bits per heavy atom. The Kier molecular flexibility index (Phi) is 7.63. The van der Waals surface area contributed by atoms with Gasteiger partial charge in [-0.2, -0.15) is 0 Å². The number of sulfone groups is 1. The van der Waals surface area contributed by atoms with Gasteiger partial charge in [0.1, 0.15) is 0 Å². The molecule has 1 aliphatic rings. The van der Waals surface area contributed by atoms with Gasteiger partial charge in [-0.1, -0.05) is 30.3 Å². The number of carbonyl (C=O) groups is 1. The molecule has 0 aliphatic carbocycles. The van der Waals surface area contributed by atoms with E-state index in [0.717, 1.165) is 12.8 Å². The van der Waals surface area contributed by atoms with Gasteiger partial charge in [0.2, 0.25) is 0 Å². The third kappa shape index (κ3) is 5.34. The highest BCUT2D eigenvalue weighted by molar-refractivity contribution is 7.90. The number of hydrogen-bond donors (Lipinski definition) is 1. The number of rotatable bonds is 5. The highest BCUT2D eigenvalue weighted by atomic mass is 35.5. The van der Waals surface area contributed by atoms with Gasteiger partial charge in [0.25, 0.3) is 5.91 Å². The van der Waals surface area contributed by atoms with E-state index in [9.17, 15) is 13.2 Å². The van der Waals surface area contributed by atoms with Gasteiger partial charge in [0.05, 0.1) is 10.6 Å². The van der Waals surface area contributed by atoms with E-state index in [0.29, 0.717) is 35.0 Å². The minimum atomic E-state index is -3.44. The maximum Gasteiger partial charge on any atom is 0.253 e. The van der Waals surface area contributed by atoms with Crippen molar-refractivity contribution in [1.29, 1.82) is 0 Å². The van der Waals surface area contributed by atoms with Gasteiger partial charge in [-0.15, -0.1) is 12.4 Å². The minimum Gasteiger partial charge on any atom is -0.339 e. The molecule has 5 nitrogen and oxygen atoms in total. The van der Waals surface area contributed by atoms with Crippen LogP contribution in [-0.2, 0) is 15.6 Å². The Balaban J connectivity index is 0.00000280. The molecule has 0 bridgehead atoms. The van der Waals surface area contributed by atoms with Crippen LogP contribution in [-0.4, -0.2) is 38.4 Å². The van der Waals surface area contributed by atoms with Crippen molar-refractivity contribution in [2.45, 2.75) is 36.5 Å². The van der Waals surface area contributed by atoms with Crippen LogP contribution in [0.2, 0.25) is 0 Å². The quantitative estimate of drug-likeness (QED) is 0.801. The highest BCUT2D eigenvalue weighted by Gasteiger charge is 2.25. The lowest BCUT2D eigenvalue weighted by Crippen LogP contribution is -2.42. The number of amides is 1. The summed E-state index contributed by atoms with van der Waals surface area (Å²) >= 11 is 0. The fourth-order valence-corrected chi connectivity index (χ4v) is 4.89. The summed E-state index contributed by atoms with van der Waals surface area (Å²) in [6.07, 6.45) is 1.82. The maximum absolute atomic E-state index is 12.8. The largest absolute Gasteiger partial charge is 0.339 e. The van der Waals surface area contributed by atoms with Crippen molar-refractivity contribution >= 4 is 28.2 Å². The van der Waals surface area contributed by atoms with Crippen LogP contribution in [0.25, 0.3) is 0 Å². The Labute approximate surface area is 173 Å². The van der Waals surface area contributed by atoms with Crippen molar-refractivity contribution in [2.24, 2.45) is 11.7 Å². The Bertz CT molecular complexity index is 893. The average Bonchev–Trinajstić information content (AvgIpc) is 2.68. The van der Waals surface area contributed by atoms with E-state index in [1.165, 1.54) is 0 Å². The fraction of sp³-hybridized carbons (Fsp3) is 0.381. The SMILES string of the molecule is CC(N)C1CCN(C(=O)c2cccc(CS(=O)(=O)c3ccccc3)c2)CC1.Cl. The van der Waals surface area contributed by atoms with E-state index in [1.54, 1.807) is 54.6 Å². The zero-order chi connectivity index (χ0) is 19.4. The van der Waals surface area contributed by atoms with E-state index < -0.39 is 9.84 Å². The van der Waals surface area contributed by atoms with Crippen LogP contribution in [0.5, 0.6) is 0 Å². The molecular formula is C21H27ClN2O3S. The predicted molar refractivity (Wildman–Crippen MR) is 113 cm³/mol. The molecule has 1 fully saturated rings. The van der Waals surface area contributed by atoms with Gasteiger partial charge in [-0.3, -0.25) is 4.79 Å². The molecule has 1 heterocycles. The van der Waals surface area contributed by atoms with Crippen LogP contribution in [0.4, 0.5) is 0 Å². The molecule has 1 aliphatic heterocycles. The Morgan fingerprint density at radius 1 is 1.11 bits per heavy atom. The topological polar surface area (TPSA) is 80.5 Å². The molecular weight excluding hydrogens is 396 g/mol. The van der Waals surface area contributed by atoms with E-state index in [1.807, 2.05) is 11.8 Å². The van der Waals surface area contributed by atoms with Crippen molar-refractivity contribution in [1.82, 2.24) is 4.90 Å². The van der Waals surface area contributed by atoms with E-state index in [-0.39, 0.29) is 30.1 Å². The summed E-state index contributed by atoms with van der Waals surface area (Å²) < 4.78 is 25.2. The normalized spacial score (nSPS) is 16.3. The third-order valence-corrected chi connectivity index (χ3v) is 6.91. The van der Waals surface area contributed by atoms with Gasteiger partial charge < -0.3 is 10.6 Å². The monoisotopic (exact) mass is 422 g/mol. The van der Waals surface area contributed by atoms with Crippen LogP contribution >= 0.6 is 12.4 Å². The van der Waals surface area contributed by atoms with Gasteiger partial charge in [0.15, 0.2) is 9.84 Å². The molecule has 0 radical (unpaired) electrons. The van der Waals surface area contributed by atoms with E-state index in [2.05, 4.69) is 0 Å². The molecule has 152 valence electrons. The van der Waals surface area contributed by atoms with Gasteiger partial charge in [-0.25, -0.2) is 8.42 Å². The molecule has 1 atom stereocenters. The zero-order valence-electron chi connectivity index (χ0n) is 16.0. The fourth-order valence-electron chi connectivity index (χ4n) is 3.54. The van der Waals surface area contributed by atoms with E-state index >= 15 is 0 Å². The second-order valence-corrected chi connectivity index (χ2v) is 9.25. The molecule has 2 aromatic carbocycles. The first-order valence-electron chi connectivity index (χ1n) is 9.28. The molecule has 28 heavy (non-hydrogen) atoms. The number of likely N-dealkylation sites (tertiary alicyclic amines) is 1. The molecule has 0 saturated carbocycles. The van der Waals surface area contributed by atoms with Crippen LogP contribution in [0.15, 0.2) is 59.5 Å². The molecule has 7 heteroatoms. The highest BCUT2D eigenvalue weighted by Crippen LogP contribution is 2.22. The minimum absolute atomic E-state index is 0. The summed E-state index contributed by atoms with van der Waals surface area (Å²) in [7, 11) is -3.44. The molecule has 0 spiro atoms. The average molecular weight is 423 g/mol. The van der Waals surface area contributed by atoms with Crippen LogP contribution in [0.3, 0.4) is 0 Å². The molecule has 1 amide bonds. The van der Waals surface area contributed by atoms with Crippen LogP contribution in [0.1, 0.15) is 35.7 Å². The lowest BCUT2D eigenvalue weighted by molar-refractivity contribution is 0.0681. The molecule has 2 aromatic rings. The maximum atomic E-state index is 12.8. The number of halogens is 1. The number of benzene rings is 2. The summed E-state index contributed by atoms with van der Waals surface area (Å²) in [5, 5.41) is 0. The van der Waals surface area contributed by atoms with Crippen molar-refractivity contribution < 1.29 is 13.2 Å². The summed E-state index contributed by atoms with van der Waals surface area (Å²) in [5.74, 6) is 0.290. The first kappa shape index (κ1) is 22.4. The lowest BCUT2D eigenvalue weighted by atomic mass is 9.90. The first-order valence-corrected chi connectivity index (χ1v) is 10.9. The third-order valence-electron chi connectivity index (χ3n) is 5.20. The van der Waals surface area contributed by atoms with Gasteiger partial charge in [0, 0.05) is 24.7 Å². The number of nitrogens with zero attached hydrogens (tertiary/aromatic N) is 1.